The van der Waals surface area contributed by atoms with Gasteiger partial charge in [-0.05, 0) is 18.2 Å². The second-order valence-electron chi connectivity index (χ2n) is 4.87. The minimum atomic E-state index is -0.207. The second kappa shape index (κ2) is 4.86. The highest BCUT2D eigenvalue weighted by Crippen LogP contribution is 2.27. The molecular formula is C13H17NO4. The van der Waals surface area contributed by atoms with E-state index in [1.165, 1.54) is 13.2 Å². The molecule has 1 aromatic carbocycles. The van der Waals surface area contributed by atoms with Crippen molar-refractivity contribution in [2.24, 2.45) is 5.41 Å². The first kappa shape index (κ1) is 12.7. The van der Waals surface area contributed by atoms with Crippen molar-refractivity contribution in [1.82, 2.24) is 5.32 Å². The number of carbonyl (C=O) groups excluding carboxylic acids is 1. The number of phenolic OH excluding ortho intramolecular Hbond substituents is 1. The van der Waals surface area contributed by atoms with Gasteiger partial charge in [-0.25, -0.2) is 0 Å². The van der Waals surface area contributed by atoms with Crippen LogP contribution in [0.2, 0.25) is 0 Å². The summed E-state index contributed by atoms with van der Waals surface area (Å²) in [5, 5.41) is 12.4. The number of phenols is 1. The van der Waals surface area contributed by atoms with Crippen LogP contribution in [-0.4, -0.2) is 37.9 Å². The standard InChI is InChI=1S/C13H17NO4/c1-13(7-18-8-13)6-14-12(16)9-3-4-11(17-2)10(15)5-9/h3-5,15H,6-8H2,1-2H3,(H,14,16). The van der Waals surface area contributed by atoms with E-state index in [1.54, 1.807) is 12.1 Å². The van der Waals surface area contributed by atoms with Crippen molar-refractivity contribution in [2.45, 2.75) is 6.92 Å². The molecule has 5 heteroatoms. The molecule has 1 fully saturated rings. The van der Waals surface area contributed by atoms with Crippen molar-refractivity contribution in [3.05, 3.63) is 23.8 Å². The average Bonchev–Trinajstić information content (AvgIpc) is 2.33. The van der Waals surface area contributed by atoms with E-state index in [1.807, 2.05) is 0 Å². The molecule has 0 spiro atoms. The van der Waals surface area contributed by atoms with Crippen LogP contribution < -0.4 is 10.1 Å². The highest BCUT2D eigenvalue weighted by molar-refractivity contribution is 5.94. The van der Waals surface area contributed by atoms with Crippen molar-refractivity contribution in [3.8, 4) is 11.5 Å². The monoisotopic (exact) mass is 251 g/mol. The van der Waals surface area contributed by atoms with E-state index in [4.69, 9.17) is 9.47 Å². The van der Waals surface area contributed by atoms with Crippen LogP contribution in [0, 0.1) is 5.41 Å². The van der Waals surface area contributed by atoms with E-state index in [0.717, 1.165) is 0 Å². The third-order valence-electron chi connectivity index (χ3n) is 3.02. The lowest BCUT2D eigenvalue weighted by Crippen LogP contribution is -2.48. The van der Waals surface area contributed by atoms with Crippen LogP contribution in [-0.2, 0) is 4.74 Å². The Bertz CT molecular complexity index is 454. The average molecular weight is 251 g/mol. The lowest BCUT2D eigenvalue weighted by atomic mass is 9.88. The van der Waals surface area contributed by atoms with E-state index < -0.39 is 0 Å². The Morgan fingerprint density at radius 2 is 2.28 bits per heavy atom. The smallest absolute Gasteiger partial charge is 0.251 e. The molecule has 0 saturated carbocycles. The van der Waals surface area contributed by atoms with Crippen molar-refractivity contribution in [1.29, 1.82) is 0 Å². The minimum absolute atomic E-state index is 0.0319. The SMILES string of the molecule is COc1ccc(C(=O)NCC2(C)COC2)cc1O. The first-order valence-corrected chi connectivity index (χ1v) is 5.77. The van der Waals surface area contributed by atoms with Gasteiger partial charge in [-0.2, -0.15) is 0 Å². The zero-order chi connectivity index (χ0) is 13.2. The molecule has 0 aromatic heterocycles. The highest BCUT2D eigenvalue weighted by atomic mass is 16.5. The molecule has 18 heavy (non-hydrogen) atoms. The van der Waals surface area contributed by atoms with Crippen LogP contribution in [0.25, 0.3) is 0 Å². The van der Waals surface area contributed by atoms with Gasteiger partial charge in [0.1, 0.15) is 0 Å². The Morgan fingerprint density at radius 1 is 1.56 bits per heavy atom. The molecule has 1 aromatic rings. The number of aromatic hydroxyl groups is 1. The zero-order valence-corrected chi connectivity index (χ0v) is 10.5. The van der Waals surface area contributed by atoms with Crippen LogP contribution in [0.15, 0.2) is 18.2 Å². The Morgan fingerprint density at radius 3 is 2.78 bits per heavy atom. The highest BCUT2D eigenvalue weighted by Gasteiger charge is 2.33. The summed E-state index contributed by atoms with van der Waals surface area (Å²) < 4.78 is 10.0. The summed E-state index contributed by atoms with van der Waals surface area (Å²) in [5.74, 6) is 0.107. The Hall–Kier alpha value is -1.75. The fraction of sp³-hybridized carbons (Fsp3) is 0.462. The summed E-state index contributed by atoms with van der Waals surface area (Å²) in [6, 6.07) is 4.58. The topological polar surface area (TPSA) is 67.8 Å². The summed E-state index contributed by atoms with van der Waals surface area (Å²) in [6.07, 6.45) is 0. The molecule has 0 unspecified atom stereocenters. The Kier molecular flexibility index (Phi) is 3.43. The Balaban J connectivity index is 1.98. The number of hydrogen-bond acceptors (Lipinski definition) is 4. The van der Waals surface area contributed by atoms with E-state index in [-0.39, 0.29) is 17.1 Å². The predicted molar refractivity (Wildman–Crippen MR) is 65.9 cm³/mol. The van der Waals surface area contributed by atoms with Crippen LogP contribution in [0.4, 0.5) is 0 Å². The Labute approximate surface area is 106 Å². The van der Waals surface area contributed by atoms with Crippen molar-refractivity contribution < 1.29 is 19.4 Å². The molecule has 0 bridgehead atoms. The molecule has 98 valence electrons. The van der Waals surface area contributed by atoms with Gasteiger partial charge in [0.15, 0.2) is 11.5 Å². The molecule has 2 N–H and O–H groups in total. The number of nitrogens with one attached hydrogen (secondary N) is 1. The van der Waals surface area contributed by atoms with Gasteiger partial charge in [-0.15, -0.1) is 0 Å². The molecule has 2 rings (SSSR count). The fourth-order valence-electron chi connectivity index (χ4n) is 1.78. The van der Waals surface area contributed by atoms with Gasteiger partial charge in [0.05, 0.1) is 20.3 Å². The van der Waals surface area contributed by atoms with Crippen LogP contribution in [0.3, 0.4) is 0 Å². The summed E-state index contributed by atoms with van der Waals surface area (Å²) in [7, 11) is 1.46. The second-order valence-corrected chi connectivity index (χ2v) is 4.87. The van der Waals surface area contributed by atoms with Gasteiger partial charge in [0, 0.05) is 17.5 Å². The third-order valence-corrected chi connectivity index (χ3v) is 3.02. The van der Waals surface area contributed by atoms with E-state index >= 15 is 0 Å². The number of benzene rings is 1. The first-order valence-electron chi connectivity index (χ1n) is 5.77. The number of rotatable bonds is 4. The largest absolute Gasteiger partial charge is 0.504 e. The van der Waals surface area contributed by atoms with Gasteiger partial charge in [0.2, 0.25) is 0 Å². The minimum Gasteiger partial charge on any atom is -0.504 e. The van der Waals surface area contributed by atoms with E-state index in [9.17, 15) is 9.90 Å². The van der Waals surface area contributed by atoms with Crippen LogP contribution in [0.1, 0.15) is 17.3 Å². The van der Waals surface area contributed by atoms with Crippen LogP contribution in [0.5, 0.6) is 11.5 Å². The van der Waals surface area contributed by atoms with Gasteiger partial charge in [-0.3, -0.25) is 4.79 Å². The maximum absolute atomic E-state index is 11.9. The maximum atomic E-state index is 11.9. The molecule has 1 heterocycles. The zero-order valence-electron chi connectivity index (χ0n) is 10.5. The van der Waals surface area contributed by atoms with Crippen molar-refractivity contribution >= 4 is 5.91 Å². The molecule has 1 saturated heterocycles. The number of ether oxygens (including phenoxy) is 2. The summed E-state index contributed by atoms with van der Waals surface area (Å²) in [6.45, 7) is 3.96. The van der Waals surface area contributed by atoms with Crippen LogP contribution >= 0.6 is 0 Å². The molecule has 0 atom stereocenters. The quantitative estimate of drug-likeness (QED) is 0.842. The van der Waals surface area contributed by atoms with E-state index in [2.05, 4.69) is 12.2 Å². The molecular weight excluding hydrogens is 234 g/mol. The fourth-order valence-corrected chi connectivity index (χ4v) is 1.78. The van der Waals surface area contributed by atoms with Gasteiger partial charge >= 0.3 is 0 Å². The number of amides is 1. The molecule has 1 aliphatic rings. The molecule has 1 aliphatic heterocycles. The van der Waals surface area contributed by atoms with Crippen molar-refractivity contribution in [2.75, 3.05) is 26.9 Å². The maximum Gasteiger partial charge on any atom is 0.251 e. The molecule has 5 nitrogen and oxygen atoms in total. The van der Waals surface area contributed by atoms with E-state index in [0.29, 0.717) is 31.1 Å². The third kappa shape index (κ3) is 2.56. The molecule has 0 aliphatic carbocycles. The van der Waals surface area contributed by atoms with Crippen molar-refractivity contribution in [3.63, 3.8) is 0 Å². The number of methoxy groups -OCH3 is 1. The normalized spacial score (nSPS) is 16.8. The molecule has 1 amide bonds. The van der Waals surface area contributed by atoms with Gasteiger partial charge in [-0.1, -0.05) is 6.92 Å². The molecule has 0 radical (unpaired) electrons. The summed E-state index contributed by atoms with van der Waals surface area (Å²) in [4.78, 5) is 11.9. The first-order chi connectivity index (χ1) is 8.54. The predicted octanol–water partition coefficient (Wildman–Crippen LogP) is 1.17. The summed E-state index contributed by atoms with van der Waals surface area (Å²) >= 11 is 0. The van der Waals surface area contributed by atoms with Gasteiger partial charge in [0.25, 0.3) is 5.91 Å². The lowest BCUT2D eigenvalue weighted by Gasteiger charge is -2.38. The summed E-state index contributed by atoms with van der Waals surface area (Å²) in [5.41, 5.74) is 0.446. The number of hydrogen-bond donors (Lipinski definition) is 2. The number of carbonyl (C=O) groups is 1. The van der Waals surface area contributed by atoms with Gasteiger partial charge < -0.3 is 19.9 Å². The lowest BCUT2D eigenvalue weighted by molar-refractivity contribution is -0.0978.